The fraction of sp³-hybridized carbons (Fsp3) is 0.0909. The Bertz CT molecular complexity index is 379. The van der Waals surface area contributed by atoms with Crippen molar-refractivity contribution in [3.63, 3.8) is 0 Å². The molecule has 4 heteroatoms. The lowest BCUT2D eigenvalue weighted by atomic mass is 10.1. The molecular formula is C11H11NO3. The zero-order valence-corrected chi connectivity index (χ0v) is 8.25. The fourth-order valence-corrected chi connectivity index (χ4v) is 0.974. The molecule has 0 atom stereocenters. The minimum atomic E-state index is -0.958. The molecule has 1 aromatic carbocycles. The summed E-state index contributed by atoms with van der Waals surface area (Å²) in [5.41, 5.74) is 1.72. The molecule has 1 aromatic rings. The Balaban J connectivity index is 2.72. The molecule has 0 spiro atoms. The maximum absolute atomic E-state index is 10.3. The fourth-order valence-electron chi connectivity index (χ4n) is 0.974. The highest BCUT2D eigenvalue weighted by Crippen LogP contribution is 2.04. The lowest BCUT2D eigenvalue weighted by molar-refractivity contribution is -0.131. The van der Waals surface area contributed by atoms with Crippen LogP contribution in [0, 0.1) is 0 Å². The van der Waals surface area contributed by atoms with Gasteiger partial charge in [-0.1, -0.05) is 29.4 Å². The molecule has 0 bridgehead atoms. The van der Waals surface area contributed by atoms with Gasteiger partial charge in [-0.15, -0.1) is 0 Å². The Morgan fingerprint density at radius 2 is 1.93 bits per heavy atom. The van der Waals surface area contributed by atoms with Gasteiger partial charge in [0.25, 0.3) is 0 Å². The summed E-state index contributed by atoms with van der Waals surface area (Å²) in [4.78, 5) is 14.8. The first-order chi connectivity index (χ1) is 7.22. The molecule has 0 unspecified atom stereocenters. The predicted octanol–water partition coefficient (Wildman–Crippen LogP) is 1.76. The molecule has 0 saturated carbocycles. The van der Waals surface area contributed by atoms with Crippen LogP contribution < -0.4 is 0 Å². The summed E-state index contributed by atoms with van der Waals surface area (Å²) in [5, 5.41) is 12.0. The monoisotopic (exact) mass is 205 g/mol. The van der Waals surface area contributed by atoms with Gasteiger partial charge in [-0.3, -0.25) is 0 Å². The zero-order chi connectivity index (χ0) is 11.1. The molecule has 0 aromatic heterocycles. The molecule has 0 saturated heterocycles. The quantitative estimate of drug-likeness (QED) is 0.463. The Kier molecular flexibility index (Phi) is 4.09. The maximum Gasteiger partial charge on any atom is 0.328 e. The molecule has 0 radical (unpaired) electrons. The minimum Gasteiger partial charge on any atom is -0.478 e. The number of nitrogens with zero attached hydrogens (tertiary/aromatic N) is 1. The van der Waals surface area contributed by atoms with Crippen molar-refractivity contribution in [2.24, 2.45) is 5.16 Å². The number of benzene rings is 1. The Morgan fingerprint density at radius 3 is 2.47 bits per heavy atom. The molecule has 78 valence electrons. The van der Waals surface area contributed by atoms with Crippen molar-refractivity contribution in [1.82, 2.24) is 0 Å². The van der Waals surface area contributed by atoms with E-state index in [4.69, 9.17) is 5.11 Å². The minimum absolute atomic E-state index is 0.826. The molecule has 0 heterocycles. The van der Waals surface area contributed by atoms with E-state index in [1.165, 1.54) is 13.2 Å². The zero-order valence-electron chi connectivity index (χ0n) is 8.25. The Morgan fingerprint density at radius 1 is 1.33 bits per heavy atom. The third-order valence-electron chi connectivity index (χ3n) is 1.66. The Labute approximate surface area is 87.5 Å². The first-order valence-corrected chi connectivity index (χ1v) is 4.30. The van der Waals surface area contributed by atoms with Crippen LogP contribution >= 0.6 is 0 Å². The second-order valence-corrected chi connectivity index (χ2v) is 2.76. The van der Waals surface area contributed by atoms with Gasteiger partial charge >= 0.3 is 5.97 Å². The molecule has 4 nitrogen and oxygen atoms in total. The van der Waals surface area contributed by atoms with Crippen LogP contribution in [0.4, 0.5) is 0 Å². The highest BCUT2D eigenvalue weighted by atomic mass is 16.6. The summed E-state index contributed by atoms with van der Waals surface area (Å²) in [7, 11) is 1.47. The third kappa shape index (κ3) is 4.08. The molecule has 0 fully saturated rings. The van der Waals surface area contributed by atoms with Gasteiger partial charge in [0, 0.05) is 6.08 Å². The summed E-state index contributed by atoms with van der Waals surface area (Å²) < 4.78 is 0. The lowest BCUT2D eigenvalue weighted by Gasteiger charge is -1.94. The van der Waals surface area contributed by atoms with Crippen LogP contribution in [-0.2, 0) is 9.63 Å². The van der Waals surface area contributed by atoms with Crippen LogP contribution in [0.25, 0.3) is 6.08 Å². The van der Waals surface area contributed by atoms with Crippen LogP contribution in [0.1, 0.15) is 11.1 Å². The van der Waals surface area contributed by atoms with E-state index in [-0.39, 0.29) is 0 Å². The van der Waals surface area contributed by atoms with Gasteiger partial charge in [0.1, 0.15) is 7.11 Å². The summed E-state index contributed by atoms with van der Waals surface area (Å²) in [5.74, 6) is -0.958. The molecule has 1 N–H and O–H groups in total. The first-order valence-electron chi connectivity index (χ1n) is 4.30. The highest BCUT2D eigenvalue weighted by molar-refractivity contribution is 5.85. The van der Waals surface area contributed by atoms with Crippen LogP contribution in [-0.4, -0.2) is 24.4 Å². The number of carbonyl (C=O) groups is 1. The molecule has 0 aliphatic rings. The SMILES string of the molecule is CO/N=C/c1ccc(/C=C/C(=O)O)cc1. The number of aliphatic carboxylic acids is 1. The van der Waals surface area contributed by atoms with Crippen molar-refractivity contribution in [3.8, 4) is 0 Å². The van der Waals surface area contributed by atoms with Crippen molar-refractivity contribution < 1.29 is 14.7 Å². The topological polar surface area (TPSA) is 58.9 Å². The average Bonchev–Trinajstić information content (AvgIpc) is 2.25. The maximum atomic E-state index is 10.3. The van der Waals surface area contributed by atoms with Gasteiger partial charge in [0.05, 0.1) is 6.21 Å². The van der Waals surface area contributed by atoms with E-state index in [1.54, 1.807) is 18.3 Å². The van der Waals surface area contributed by atoms with Crippen molar-refractivity contribution in [3.05, 3.63) is 41.5 Å². The molecule has 15 heavy (non-hydrogen) atoms. The second-order valence-electron chi connectivity index (χ2n) is 2.76. The molecule has 0 aliphatic heterocycles. The molecule has 1 rings (SSSR count). The lowest BCUT2D eigenvalue weighted by Crippen LogP contribution is -1.86. The second kappa shape index (κ2) is 5.59. The van der Waals surface area contributed by atoms with Crippen LogP contribution in [0.15, 0.2) is 35.5 Å². The van der Waals surface area contributed by atoms with Gasteiger partial charge in [0.15, 0.2) is 0 Å². The number of oxime groups is 1. The number of hydrogen-bond acceptors (Lipinski definition) is 3. The standard InChI is InChI=1S/C11H11NO3/c1-15-12-8-10-4-2-9(3-5-10)6-7-11(13)14/h2-8H,1H3,(H,13,14)/b7-6+,12-8+. The normalized spacial score (nSPS) is 11.0. The number of carboxylic acid groups (broad SMARTS) is 1. The van der Waals surface area contributed by atoms with Gasteiger partial charge in [-0.2, -0.15) is 0 Å². The molecular weight excluding hydrogens is 194 g/mol. The summed E-state index contributed by atoms with van der Waals surface area (Å²) in [6.45, 7) is 0. The van der Waals surface area contributed by atoms with E-state index in [1.807, 2.05) is 12.1 Å². The van der Waals surface area contributed by atoms with Crippen LogP contribution in [0.5, 0.6) is 0 Å². The summed E-state index contributed by atoms with van der Waals surface area (Å²) in [6, 6.07) is 7.25. The van der Waals surface area contributed by atoms with Crippen molar-refractivity contribution in [1.29, 1.82) is 0 Å². The van der Waals surface area contributed by atoms with Gasteiger partial charge in [-0.25, -0.2) is 4.79 Å². The van der Waals surface area contributed by atoms with Gasteiger partial charge in [0.2, 0.25) is 0 Å². The van der Waals surface area contributed by atoms with E-state index in [2.05, 4.69) is 9.99 Å². The smallest absolute Gasteiger partial charge is 0.328 e. The third-order valence-corrected chi connectivity index (χ3v) is 1.66. The van der Waals surface area contributed by atoms with E-state index in [0.29, 0.717) is 0 Å². The summed E-state index contributed by atoms with van der Waals surface area (Å²) >= 11 is 0. The Hall–Kier alpha value is -2.10. The van der Waals surface area contributed by atoms with Crippen molar-refractivity contribution in [2.75, 3.05) is 7.11 Å². The van der Waals surface area contributed by atoms with Crippen molar-refractivity contribution in [2.45, 2.75) is 0 Å². The number of hydrogen-bond donors (Lipinski definition) is 1. The van der Waals surface area contributed by atoms with E-state index in [9.17, 15) is 4.79 Å². The van der Waals surface area contributed by atoms with Crippen LogP contribution in [0.3, 0.4) is 0 Å². The largest absolute Gasteiger partial charge is 0.478 e. The van der Waals surface area contributed by atoms with E-state index in [0.717, 1.165) is 17.2 Å². The molecule has 0 amide bonds. The summed E-state index contributed by atoms with van der Waals surface area (Å²) in [6.07, 6.45) is 4.20. The molecule has 0 aliphatic carbocycles. The van der Waals surface area contributed by atoms with Crippen LogP contribution in [0.2, 0.25) is 0 Å². The van der Waals surface area contributed by atoms with E-state index >= 15 is 0 Å². The predicted molar refractivity (Wildman–Crippen MR) is 57.7 cm³/mol. The first kappa shape index (κ1) is 11.0. The average molecular weight is 205 g/mol. The number of rotatable bonds is 4. The van der Waals surface area contributed by atoms with Gasteiger partial charge in [-0.05, 0) is 17.2 Å². The highest BCUT2D eigenvalue weighted by Gasteiger charge is 1.90. The van der Waals surface area contributed by atoms with E-state index < -0.39 is 5.97 Å². The van der Waals surface area contributed by atoms with Gasteiger partial charge < -0.3 is 9.94 Å². The van der Waals surface area contributed by atoms with Crippen molar-refractivity contribution >= 4 is 18.3 Å². The number of carboxylic acids is 1.